The summed E-state index contributed by atoms with van der Waals surface area (Å²) in [5, 5.41) is 0. The zero-order valence-corrected chi connectivity index (χ0v) is 17.4. The lowest BCUT2D eigenvalue weighted by molar-refractivity contribution is 0.1000. The van der Waals surface area contributed by atoms with Crippen molar-refractivity contribution in [3.63, 3.8) is 0 Å². The number of piperidine rings is 1. The van der Waals surface area contributed by atoms with Gasteiger partial charge in [0.05, 0.1) is 5.56 Å². The molecule has 1 fully saturated rings. The first kappa shape index (κ1) is 20.6. The maximum absolute atomic E-state index is 12.4. The number of nitrogens with two attached hydrogens (primary N) is 1. The maximum Gasteiger partial charge on any atom is 0.251 e. The first-order valence-electron chi connectivity index (χ1n) is 10.8. The Labute approximate surface area is 168 Å². The Morgan fingerprint density at radius 3 is 2.61 bits per heavy atom. The van der Waals surface area contributed by atoms with Crippen LogP contribution in [0.4, 0.5) is 0 Å². The lowest BCUT2D eigenvalue weighted by Crippen LogP contribution is -2.33. The highest BCUT2D eigenvalue weighted by atomic mass is 16.1. The standard InChI is InChI=1S/C23H34N4O/c1-3-4-6-11-20-22(19-10-9-12-25-17-19)21(23(24)28)18(2)27(20)16-15-26-13-7-5-8-14-26/h9-10,12,17H,3-8,11,13-16H2,1-2H3,(H2,24,28). The van der Waals surface area contributed by atoms with Gasteiger partial charge in [0.15, 0.2) is 0 Å². The molecule has 1 amide bonds. The number of nitrogens with zero attached hydrogens (tertiary/aromatic N) is 3. The van der Waals surface area contributed by atoms with Crippen molar-refractivity contribution in [2.75, 3.05) is 19.6 Å². The minimum absolute atomic E-state index is 0.343. The average molecular weight is 383 g/mol. The fourth-order valence-corrected chi connectivity index (χ4v) is 4.45. The molecule has 0 radical (unpaired) electrons. The summed E-state index contributed by atoms with van der Waals surface area (Å²) in [4.78, 5) is 19.2. The third kappa shape index (κ3) is 4.64. The van der Waals surface area contributed by atoms with Gasteiger partial charge in [0.25, 0.3) is 5.91 Å². The van der Waals surface area contributed by atoms with Crippen molar-refractivity contribution in [1.29, 1.82) is 0 Å². The Kier molecular flexibility index (Phi) is 7.26. The van der Waals surface area contributed by atoms with Gasteiger partial charge in [0, 0.05) is 48.0 Å². The molecule has 0 atom stereocenters. The van der Waals surface area contributed by atoms with Gasteiger partial charge in [0.2, 0.25) is 0 Å². The first-order chi connectivity index (χ1) is 13.6. The van der Waals surface area contributed by atoms with Crippen molar-refractivity contribution in [3.8, 4) is 11.1 Å². The number of likely N-dealkylation sites (tertiary alicyclic amines) is 1. The van der Waals surface area contributed by atoms with Gasteiger partial charge in [-0.15, -0.1) is 0 Å². The zero-order chi connectivity index (χ0) is 19.9. The molecule has 152 valence electrons. The van der Waals surface area contributed by atoms with Crippen molar-refractivity contribution >= 4 is 5.91 Å². The topological polar surface area (TPSA) is 64.1 Å². The molecule has 0 unspecified atom stereocenters. The number of hydrogen-bond acceptors (Lipinski definition) is 3. The Hall–Kier alpha value is -2.14. The quantitative estimate of drug-likeness (QED) is 0.662. The monoisotopic (exact) mass is 382 g/mol. The number of unbranched alkanes of at least 4 members (excludes halogenated alkanes) is 2. The van der Waals surface area contributed by atoms with Crippen LogP contribution in [0.25, 0.3) is 11.1 Å². The third-order valence-corrected chi connectivity index (χ3v) is 5.93. The second-order valence-corrected chi connectivity index (χ2v) is 7.90. The summed E-state index contributed by atoms with van der Waals surface area (Å²) in [6.07, 6.45) is 12.0. The molecule has 5 heteroatoms. The largest absolute Gasteiger partial charge is 0.366 e. The van der Waals surface area contributed by atoms with Crippen LogP contribution in [0, 0.1) is 6.92 Å². The van der Waals surface area contributed by atoms with Gasteiger partial charge in [-0.1, -0.05) is 32.3 Å². The van der Waals surface area contributed by atoms with E-state index in [0.717, 1.165) is 42.8 Å². The zero-order valence-electron chi connectivity index (χ0n) is 17.4. The summed E-state index contributed by atoms with van der Waals surface area (Å²) in [5.74, 6) is -0.343. The van der Waals surface area contributed by atoms with Gasteiger partial charge >= 0.3 is 0 Å². The molecule has 2 N–H and O–H groups in total. The molecular weight excluding hydrogens is 348 g/mol. The molecule has 2 aromatic heterocycles. The number of rotatable bonds is 9. The number of carbonyl (C=O) groups is 1. The van der Waals surface area contributed by atoms with Crippen molar-refractivity contribution < 1.29 is 4.79 Å². The number of hydrogen-bond donors (Lipinski definition) is 1. The lowest BCUT2D eigenvalue weighted by Gasteiger charge is -2.27. The molecule has 0 bridgehead atoms. The number of carbonyl (C=O) groups excluding carboxylic acids is 1. The molecule has 0 saturated carbocycles. The van der Waals surface area contributed by atoms with E-state index in [1.54, 1.807) is 6.20 Å². The predicted molar refractivity (Wildman–Crippen MR) is 114 cm³/mol. The van der Waals surface area contributed by atoms with E-state index in [4.69, 9.17) is 5.73 Å². The fraction of sp³-hybridized carbons (Fsp3) is 0.565. The molecule has 1 saturated heterocycles. The highest BCUT2D eigenvalue weighted by Gasteiger charge is 2.25. The normalized spacial score (nSPS) is 15.1. The van der Waals surface area contributed by atoms with Gasteiger partial charge in [-0.25, -0.2) is 0 Å². The fourth-order valence-electron chi connectivity index (χ4n) is 4.45. The van der Waals surface area contributed by atoms with Crippen molar-refractivity contribution in [2.45, 2.75) is 65.3 Å². The molecule has 0 spiro atoms. The Bertz CT molecular complexity index is 776. The number of pyridine rings is 1. The van der Waals surface area contributed by atoms with E-state index in [-0.39, 0.29) is 5.91 Å². The Morgan fingerprint density at radius 2 is 1.96 bits per heavy atom. The van der Waals surface area contributed by atoms with E-state index in [9.17, 15) is 4.79 Å². The predicted octanol–water partition coefficient (Wildman–Crippen LogP) is 4.18. The summed E-state index contributed by atoms with van der Waals surface area (Å²) in [6, 6.07) is 3.96. The molecule has 0 aliphatic carbocycles. The van der Waals surface area contributed by atoms with Gasteiger partial charge in [-0.3, -0.25) is 9.78 Å². The van der Waals surface area contributed by atoms with E-state index < -0.39 is 0 Å². The molecule has 1 aliphatic rings. The van der Waals surface area contributed by atoms with Gasteiger partial charge < -0.3 is 15.2 Å². The molecule has 3 heterocycles. The SMILES string of the molecule is CCCCCc1c(-c2cccnc2)c(C(N)=O)c(C)n1CCN1CCCCC1. The molecule has 3 rings (SSSR count). The van der Waals surface area contributed by atoms with Crippen LogP contribution in [0.1, 0.15) is 67.2 Å². The van der Waals surface area contributed by atoms with Crippen molar-refractivity contribution in [1.82, 2.24) is 14.5 Å². The van der Waals surface area contributed by atoms with Gasteiger partial charge in [-0.2, -0.15) is 0 Å². The number of primary amides is 1. The van der Waals surface area contributed by atoms with E-state index in [1.165, 1.54) is 50.9 Å². The van der Waals surface area contributed by atoms with Crippen LogP contribution in [0.15, 0.2) is 24.5 Å². The summed E-state index contributed by atoms with van der Waals surface area (Å²) >= 11 is 0. The molecule has 1 aliphatic heterocycles. The van der Waals surface area contributed by atoms with Crippen LogP contribution in [-0.4, -0.2) is 40.0 Å². The third-order valence-electron chi connectivity index (χ3n) is 5.93. The Balaban J connectivity index is 1.99. The van der Waals surface area contributed by atoms with E-state index in [1.807, 2.05) is 25.3 Å². The first-order valence-corrected chi connectivity index (χ1v) is 10.8. The smallest absolute Gasteiger partial charge is 0.251 e. The average Bonchev–Trinajstić information content (AvgIpc) is 3.00. The maximum atomic E-state index is 12.4. The second kappa shape index (κ2) is 9.87. The minimum Gasteiger partial charge on any atom is -0.366 e. The van der Waals surface area contributed by atoms with Gasteiger partial charge in [0.1, 0.15) is 0 Å². The lowest BCUT2D eigenvalue weighted by atomic mass is 9.98. The highest BCUT2D eigenvalue weighted by Crippen LogP contribution is 2.33. The van der Waals surface area contributed by atoms with Crippen LogP contribution in [0.3, 0.4) is 0 Å². The molecule has 2 aromatic rings. The number of amides is 1. The van der Waals surface area contributed by atoms with Gasteiger partial charge in [-0.05, 0) is 51.8 Å². The van der Waals surface area contributed by atoms with E-state index in [2.05, 4.69) is 21.4 Å². The van der Waals surface area contributed by atoms with Crippen LogP contribution >= 0.6 is 0 Å². The van der Waals surface area contributed by atoms with Crippen molar-refractivity contribution in [3.05, 3.63) is 41.5 Å². The van der Waals surface area contributed by atoms with Crippen LogP contribution in [0.5, 0.6) is 0 Å². The second-order valence-electron chi connectivity index (χ2n) is 7.90. The van der Waals surface area contributed by atoms with Crippen LogP contribution < -0.4 is 5.73 Å². The molecule has 5 nitrogen and oxygen atoms in total. The molecule has 28 heavy (non-hydrogen) atoms. The van der Waals surface area contributed by atoms with E-state index >= 15 is 0 Å². The number of aromatic nitrogens is 2. The van der Waals surface area contributed by atoms with Crippen LogP contribution in [0.2, 0.25) is 0 Å². The summed E-state index contributed by atoms with van der Waals surface area (Å²) in [6.45, 7) is 8.57. The van der Waals surface area contributed by atoms with E-state index in [0.29, 0.717) is 5.56 Å². The summed E-state index contributed by atoms with van der Waals surface area (Å²) in [5.41, 5.74) is 10.7. The summed E-state index contributed by atoms with van der Waals surface area (Å²) in [7, 11) is 0. The highest BCUT2D eigenvalue weighted by molar-refractivity contribution is 6.02. The Morgan fingerprint density at radius 1 is 1.18 bits per heavy atom. The van der Waals surface area contributed by atoms with Crippen LogP contribution in [-0.2, 0) is 13.0 Å². The van der Waals surface area contributed by atoms with Crippen molar-refractivity contribution in [2.24, 2.45) is 5.73 Å². The molecule has 0 aromatic carbocycles. The molecular formula is C23H34N4O. The minimum atomic E-state index is -0.343. The summed E-state index contributed by atoms with van der Waals surface area (Å²) < 4.78 is 2.35.